The summed E-state index contributed by atoms with van der Waals surface area (Å²) in [6.45, 7) is 7.94. The van der Waals surface area contributed by atoms with Crippen LogP contribution in [0.4, 0.5) is 0 Å². The van der Waals surface area contributed by atoms with Crippen molar-refractivity contribution in [2.45, 2.75) is 46.4 Å². The van der Waals surface area contributed by atoms with Gasteiger partial charge in [0.15, 0.2) is 4.80 Å². The maximum Gasteiger partial charge on any atom is 0.338 e. The number of para-hydroxylation sites is 1. The van der Waals surface area contributed by atoms with E-state index in [0.717, 1.165) is 14.5 Å². The van der Waals surface area contributed by atoms with E-state index in [0.29, 0.717) is 49.8 Å². The van der Waals surface area contributed by atoms with Crippen molar-refractivity contribution in [3.05, 3.63) is 123 Å². The molecule has 0 bridgehead atoms. The number of fused-ring (bicyclic) bond motifs is 1. The molecule has 2 heterocycles. The highest BCUT2D eigenvalue weighted by Gasteiger charge is 2.35. The molecule has 43 heavy (non-hydrogen) atoms. The van der Waals surface area contributed by atoms with Gasteiger partial charge < -0.3 is 14.2 Å². The standard InChI is InChI=1S/C33H30Br2N2O5S/c1-5-40-32(39)28-20(4)36-33-37(29(28)24-13-9-10-14-26(24)42-19(2)3)31(38)27(43-33)16-22-15-23(34)17-25(35)30(22)41-18-21-11-7-6-8-12-21/h6-17,19,29H,5,18H2,1-4H3/b27-16-/t29-/m0/s1. The number of rotatable bonds is 9. The fourth-order valence-corrected chi connectivity index (χ4v) is 7.27. The second-order valence-electron chi connectivity index (χ2n) is 10.1. The number of benzene rings is 3. The number of aromatic nitrogens is 1. The van der Waals surface area contributed by atoms with Crippen LogP contribution in [0.5, 0.6) is 11.5 Å². The van der Waals surface area contributed by atoms with Crippen molar-refractivity contribution in [2.75, 3.05) is 6.61 Å². The number of nitrogens with zero attached hydrogens (tertiary/aromatic N) is 2. The molecule has 0 radical (unpaired) electrons. The number of carbonyl (C=O) groups excluding carboxylic acids is 1. The van der Waals surface area contributed by atoms with E-state index in [1.807, 2.05) is 80.6 Å². The quantitative estimate of drug-likeness (QED) is 0.180. The molecule has 0 unspecified atom stereocenters. The fourth-order valence-electron chi connectivity index (χ4n) is 4.86. The van der Waals surface area contributed by atoms with E-state index in [1.165, 1.54) is 11.3 Å². The molecule has 1 aliphatic rings. The summed E-state index contributed by atoms with van der Waals surface area (Å²) in [5.41, 5.74) is 2.92. The molecule has 0 spiro atoms. The lowest BCUT2D eigenvalue weighted by atomic mass is 9.95. The monoisotopic (exact) mass is 724 g/mol. The molecule has 0 saturated carbocycles. The zero-order valence-electron chi connectivity index (χ0n) is 24.1. The summed E-state index contributed by atoms with van der Waals surface area (Å²) in [5, 5.41) is 0. The lowest BCUT2D eigenvalue weighted by Crippen LogP contribution is -2.40. The van der Waals surface area contributed by atoms with E-state index < -0.39 is 12.0 Å². The molecule has 0 fully saturated rings. The number of hydrogen-bond acceptors (Lipinski definition) is 7. The van der Waals surface area contributed by atoms with Crippen LogP contribution in [-0.4, -0.2) is 23.2 Å². The third-order valence-electron chi connectivity index (χ3n) is 6.64. The largest absolute Gasteiger partial charge is 0.491 e. The fraction of sp³-hybridized carbons (Fsp3) is 0.242. The average Bonchev–Trinajstić information content (AvgIpc) is 3.26. The van der Waals surface area contributed by atoms with E-state index in [9.17, 15) is 9.59 Å². The summed E-state index contributed by atoms with van der Waals surface area (Å²) < 4.78 is 21.4. The summed E-state index contributed by atoms with van der Waals surface area (Å²) in [4.78, 5) is 32.7. The summed E-state index contributed by atoms with van der Waals surface area (Å²) in [7, 11) is 0. The Hall–Kier alpha value is -3.47. The summed E-state index contributed by atoms with van der Waals surface area (Å²) >= 11 is 8.45. The lowest BCUT2D eigenvalue weighted by Gasteiger charge is -2.26. The van der Waals surface area contributed by atoms with Crippen LogP contribution in [-0.2, 0) is 16.1 Å². The van der Waals surface area contributed by atoms with Gasteiger partial charge in [0, 0.05) is 15.6 Å². The molecule has 0 amide bonds. The van der Waals surface area contributed by atoms with E-state index >= 15 is 0 Å². The van der Waals surface area contributed by atoms with Crippen LogP contribution in [0, 0.1) is 0 Å². The maximum absolute atomic E-state index is 14.2. The Morgan fingerprint density at radius 3 is 2.53 bits per heavy atom. The summed E-state index contributed by atoms with van der Waals surface area (Å²) in [6, 6.07) is 20.4. The first-order valence-electron chi connectivity index (χ1n) is 13.8. The highest BCUT2D eigenvalue weighted by atomic mass is 79.9. The average molecular weight is 726 g/mol. The van der Waals surface area contributed by atoms with Gasteiger partial charge in [-0.05, 0) is 73.5 Å². The van der Waals surface area contributed by atoms with Gasteiger partial charge in [0.2, 0.25) is 0 Å². The van der Waals surface area contributed by atoms with Gasteiger partial charge in [-0.25, -0.2) is 9.79 Å². The number of esters is 1. The van der Waals surface area contributed by atoms with Gasteiger partial charge in [-0.1, -0.05) is 75.8 Å². The number of halogens is 2. The van der Waals surface area contributed by atoms with E-state index in [4.69, 9.17) is 19.2 Å². The third kappa shape index (κ3) is 6.71. The molecular weight excluding hydrogens is 696 g/mol. The molecule has 0 N–H and O–H groups in total. The molecule has 4 aromatic rings. The number of allylic oxidation sites excluding steroid dienone is 1. The minimum atomic E-state index is -0.782. The number of carbonyl (C=O) groups is 1. The number of hydrogen-bond donors (Lipinski definition) is 0. The minimum absolute atomic E-state index is 0.114. The van der Waals surface area contributed by atoms with Gasteiger partial charge in [-0.15, -0.1) is 0 Å². The molecule has 3 aromatic carbocycles. The van der Waals surface area contributed by atoms with Crippen LogP contribution in [0.3, 0.4) is 0 Å². The lowest BCUT2D eigenvalue weighted by molar-refractivity contribution is -0.139. The Balaban J connectivity index is 1.69. The molecule has 1 aliphatic heterocycles. The molecule has 5 rings (SSSR count). The van der Waals surface area contributed by atoms with Gasteiger partial charge in [-0.2, -0.15) is 0 Å². The minimum Gasteiger partial charge on any atom is -0.491 e. The Morgan fingerprint density at radius 1 is 1.09 bits per heavy atom. The third-order valence-corrected chi connectivity index (χ3v) is 8.67. The first kappa shape index (κ1) is 31.0. The Morgan fingerprint density at radius 2 is 1.81 bits per heavy atom. The molecular formula is C33H30Br2N2O5S. The molecule has 1 atom stereocenters. The Kier molecular flexibility index (Phi) is 9.68. The van der Waals surface area contributed by atoms with Crippen LogP contribution >= 0.6 is 43.2 Å². The van der Waals surface area contributed by atoms with Gasteiger partial charge in [0.25, 0.3) is 5.56 Å². The van der Waals surface area contributed by atoms with Gasteiger partial charge >= 0.3 is 5.97 Å². The molecule has 7 nitrogen and oxygen atoms in total. The Labute approximate surface area is 270 Å². The highest BCUT2D eigenvalue weighted by Crippen LogP contribution is 2.37. The zero-order chi connectivity index (χ0) is 30.7. The summed E-state index contributed by atoms with van der Waals surface area (Å²) in [5.74, 6) is 0.671. The van der Waals surface area contributed by atoms with Crippen molar-refractivity contribution in [2.24, 2.45) is 4.99 Å². The van der Waals surface area contributed by atoms with Crippen molar-refractivity contribution in [1.82, 2.24) is 4.57 Å². The Bertz CT molecular complexity index is 1880. The van der Waals surface area contributed by atoms with Crippen LogP contribution < -0.4 is 24.4 Å². The second-order valence-corrected chi connectivity index (χ2v) is 12.9. The first-order valence-corrected chi connectivity index (χ1v) is 16.2. The van der Waals surface area contributed by atoms with Crippen molar-refractivity contribution in [3.63, 3.8) is 0 Å². The van der Waals surface area contributed by atoms with Crippen molar-refractivity contribution >= 4 is 55.2 Å². The van der Waals surface area contributed by atoms with Crippen molar-refractivity contribution in [3.8, 4) is 11.5 Å². The predicted octanol–water partition coefficient (Wildman–Crippen LogP) is 6.69. The van der Waals surface area contributed by atoms with Gasteiger partial charge in [-0.3, -0.25) is 9.36 Å². The highest BCUT2D eigenvalue weighted by molar-refractivity contribution is 9.11. The molecule has 1 aromatic heterocycles. The first-order chi connectivity index (χ1) is 20.7. The van der Waals surface area contributed by atoms with Crippen molar-refractivity contribution < 1.29 is 19.0 Å². The number of thiazole rings is 1. The molecule has 0 aliphatic carbocycles. The maximum atomic E-state index is 14.2. The molecule has 222 valence electrons. The number of ether oxygens (including phenoxy) is 3. The van der Waals surface area contributed by atoms with E-state index in [-0.39, 0.29) is 18.3 Å². The topological polar surface area (TPSA) is 79.1 Å². The zero-order valence-corrected chi connectivity index (χ0v) is 28.1. The van der Waals surface area contributed by atoms with Crippen molar-refractivity contribution in [1.29, 1.82) is 0 Å². The van der Waals surface area contributed by atoms with Crippen LogP contribution in [0.15, 0.2) is 96.7 Å². The normalized spacial score (nSPS) is 14.9. The van der Waals surface area contributed by atoms with Crippen LogP contribution in [0.1, 0.15) is 50.4 Å². The van der Waals surface area contributed by atoms with E-state index in [2.05, 4.69) is 31.9 Å². The second kappa shape index (κ2) is 13.4. The van der Waals surface area contributed by atoms with Gasteiger partial charge in [0.05, 0.1) is 33.0 Å². The smallest absolute Gasteiger partial charge is 0.338 e. The van der Waals surface area contributed by atoms with Crippen LogP contribution in [0.2, 0.25) is 0 Å². The van der Waals surface area contributed by atoms with Crippen LogP contribution in [0.25, 0.3) is 6.08 Å². The predicted molar refractivity (Wildman–Crippen MR) is 175 cm³/mol. The molecule has 10 heteroatoms. The summed E-state index contributed by atoms with van der Waals surface area (Å²) in [6.07, 6.45) is 1.69. The van der Waals surface area contributed by atoms with E-state index in [1.54, 1.807) is 24.5 Å². The molecule has 0 saturated heterocycles. The van der Waals surface area contributed by atoms with Gasteiger partial charge in [0.1, 0.15) is 24.1 Å². The SMILES string of the molecule is CCOC(=O)C1=C(C)N=c2s/c(=C\c3cc(Br)cc(Br)c3OCc3ccccc3)c(=O)n2[C@H]1c1ccccc1OC(C)C.